The highest BCUT2D eigenvalue weighted by Gasteiger charge is 2.17. The van der Waals surface area contributed by atoms with Crippen molar-refractivity contribution >= 4 is 19.4 Å². The largest absolute Gasteiger partial charge is 0.824 e. The highest BCUT2D eigenvalue weighted by atomic mass is 19.2. The Bertz CT molecular complexity index is 404. The van der Waals surface area contributed by atoms with E-state index in [0.29, 0.717) is 0 Å². The Morgan fingerprint density at radius 2 is 0.541 bits per heavy atom. The highest BCUT2D eigenvalue weighted by molar-refractivity contribution is 6.30. The molecule has 0 unspecified atom stereocenters. The fourth-order valence-corrected chi connectivity index (χ4v) is 4.02. The molecule has 11 heteroatoms. The predicted molar refractivity (Wildman–Crippen MR) is 145 cm³/mol. The molecule has 0 aliphatic carbocycles. The fraction of sp³-hybridized carbons (Fsp3) is 0.923. The number of carboxylic acids is 2. The summed E-state index contributed by atoms with van der Waals surface area (Å²) < 4.78 is 23.4. The molecule has 0 atom stereocenters. The molecule has 0 N–H and O–H groups in total. The Morgan fingerprint density at radius 1 is 0.459 bits per heavy atom. The minimum absolute atomic E-state index is 1.28. The highest BCUT2D eigenvalue weighted by Crippen LogP contribution is 2.04. The Labute approximate surface area is 228 Å². The molecule has 0 saturated heterocycles. The Kier molecular flexibility index (Phi) is 34.2. The first-order valence-corrected chi connectivity index (χ1v) is 14.0. The smallest absolute Gasteiger partial charge is 0.447 e. The molecule has 0 spiro atoms. The molecule has 0 aromatic rings. The van der Waals surface area contributed by atoms with Crippen molar-refractivity contribution in [2.24, 2.45) is 0 Å². The monoisotopic (exact) mass is 543 g/mol. The van der Waals surface area contributed by atoms with Gasteiger partial charge >= 0.3 is 7.47 Å². The van der Waals surface area contributed by atoms with Gasteiger partial charge in [-0.15, -0.1) is 0 Å². The lowest BCUT2D eigenvalue weighted by Crippen LogP contribution is -2.47. The van der Waals surface area contributed by atoms with Crippen LogP contribution in [-0.4, -0.2) is 111 Å². The van der Waals surface area contributed by atoms with Crippen molar-refractivity contribution in [2.45, 2.75) is 83.1 Å². The van der Waals surface area contributed by atoms with Crippen LogP contribution in [0.3, 0.4) is 0 Å². The number of hydrogen-bond acceptors (Lipinski definition) is 5. The summed E-state index contributed by atoms with van der Waals surface area (Å²) in [5.74, 6) is -4.37. The number of nitrogens with zero attached hydrogens (tertiary/aromatic N) is 3. The number of rotatable bonds is 12. The third-order valence-corrected chi connectivity index (χ3v) is 8.22. The molecule has 0 radical (unpaired) electrons. The number of aliphatic carboxylic acids is 2. The maximum atomic E-state index is 9.78. The van der Waals surface area contributed by atoms with E-state index >= 15 is 0 Å². The van der Waals surface area contributed by atoms with E-state index in [2.05, 4.69) is 83.1 Å². The SMILES string of the molecule is CC[N+](CC)(CC)CC.CC[N+](CC)(CC)CC.CC[N+](CC)(CC)CC.O=C([O-])C(=O)[O-].[O-]B(F)F. The molecule has 226 valence electrons. The first-order chi connectivity index (χ1) is 17.1. The van der Waals surface area contributed by atoms with E-state index in [1.54, 1.807) is 0 Å². The van der Waals surface area contributed by atoms with Crippen molar-refractivity contribution in [1.82, 2.24) is 0 Å². The van der Waals surface area contributed by atoms with Crippen LogP contribution in [0.2, 0.25) is 0 Å². The predicted octanol–water partition coefficient (Wildman–Crippen LogP) is 1.41. The summed E-state index contributed by atoms with van der Waals surface area (Å²) in [4.78, 5) is 17.9. The van der Waals surface area contributed by atoms with Crippen LogP contribution in [0.4, 0.5) is 8.63 Å². The molecule has 0 aromatic carbocycles. The van der Waals surface area contributed by atoms with E-state index in [1.807, 2.05) is 0 Å². The molecule has 0 aliphatic heterocycles. The Balaban J connectivity index is -0.000000118. The summed E-state index contributed by atoms with van der Waals surface area (Å²) in [6.45, 7) is 42.7. The molecule has 0 saturated carbocycles. The molecule has 0 fully saturated rings. The van der Waals surface area contributed by atoms with Crippen LogP contribution in [0.25, 0.3) is 0 Å². The normalized spacial score (nSPS) is 10.7. The van der Waals surface area contributed by atoms with Crippen LogP contribution in [0.5, 0.6) is 0 Å². The molecule has 0 aliphatic rings. The van der Waals surface area contributed by atoms with Crippen LogP contribution in [0, 0.1) is 0 Å². The van der Waals surface area contributed by atoms with Crippen LogP contribution in [-0.2, 0) is 9.59 Å². The van der Waals surface area contributed by atoms with Crippen molar-refractivity contribution in [2.75, 3.05) is 78.5 Å². The summed E-state index contributed by atoms with van der Waals surface area (Å²) in [5.41, 5.74) is 0. The minimum atomic E-state index is -3.42. The lowest BCUT2D eigenvalue weighted by molar-refractivity contribution is -0.921. The zero-order valence-corrected chi connectivity index (χ0v) is 26.2. The first kappa shape index (κ1) is 45.6. The van der Waals surface area contributed by atoms with E-state index < -0.39 is 19.4 Å². The van der Waals surface area contributed by atoms with Gasteiger partial charge in [-0.2, -0.15) is 0 Å². The van der Waals surface area contributed by atoms with E-state index in [0.717, 1.165) is 0 Å². The molecule has 8 nitrogen and oxygen atoms in total. The van der Waals surface area contributed by atoms with Crippen LogP contribution >= 0.6 is 0 Å². The molecule has 0 rings (SSSR count). The quantitative estimate of drug-likeness (QED) is 0.210. The van der Waals surface area contributed by atoms with Crippen molar-refractivity contribution in [3.05, 3.63) is 0 Å². The van der Waals surface area contributed by atoms with Crippen molar-refractivity contribution in [1.29, 1.82) is 0 Å². The van der Waals surface area contributed by atoms with Gasteiger partial charge in [-0.05, 0) is 83.1 Å². The molecule has 0 amide bonds. The van der Waals surface area contributed by atoms with Crippen molar-refractivity contribution in [3.63, 3.8) is 0 Å². The lowest BCUT2D eigenvalue weighted by Gasteiger charge is -2.34. The van der Waals surface area contributed by atoms with E-state index in [-0.39, 0.29) is 0 Å². The summed E-state index contributed by atoms with van der Waals surface area (Å²) in [6.07, 6.45) is 0. The van der Waals surface area contributed by atoms with Gasteiger partial charge < -0.3 is 46.9 Å². The summed E-state index contributed by atoms with van der Waals surface area (Å²) in [5, 5.41) is 26.0. The van der Waals surface area contributed by atoms with E-state index in [1.165, 1.54) is 92.0 Å². The minimum Gasteiger partial charge on any atom is -0.824 e. The van der Waals surface area contributed by atoms with Gasteiger partial charge in [0.15, 0.2) is 0 Å². The molecule has 0 heterocycles. The van der Waals surface area contributed by atoms with E-state index in [9.17, 15) is 8.63 Å². The second-order valence-electron chi connectivity index (χ2n) is 8.66. The van der Waals surface area contributed by atoms with Crippen molar-refractivity contribution in [3.8, 4) is 0 Å². The molecule has 0 bridgehead atoms. The van der Waals surface area contributed by atoms with Crippen LogP contribution in [0.1, 0.15) is 83.1 Å². The van der Waals surface area contributed by atoms with Gasteiger partial charge in [0, 0.05) is 0 Å². The number of carboxylic acid groups (broad SMARTS) is 2. The van der Waals surface area contributed by atoms with E-state index in [4.69, 9.17) is 24.8 Å². The fourth-order valence-electron chi connectivity index (χ4n) is 4.02. The summed E-state index contributed by atoms with van der Waals surface area (Å²) >= 11 is 0. The van der Waals surface area contributed by atoms with Crippen molar-refractivity contribution < 1.29 is 46.9 Å². The average Bonchev–Trinajstić information content (AvgIpc) is 2.90. The van der Waals surface area contributed by atoms with Gasteiger partial charge in [0.05, 0.1) is 90.5 Å². The zero-order valence-electron chi connectivity index (χ0n) is 26.2. The van der Waals surface area contributed by atoms with Gasteiger partial charge in [0.2, 0.25) is 0 Å². The Morgan fingerprint density at radius 3 is 0.541 bits per heavy atom. The van der Waals surface area contributed by atoms with Crippen LogP contribution in [0.15, 0.2) is 0 Å². The number of carbonyl (C=O) groups is 2. The van der Waals surface area contributed by atoms with Gasteiger partial charge in [0.1, 0.15) is 0 Å². The van der Waals surface area contributed by atoms with Crippen LogP contribution < -0.4 is 15.2 Å². The summed E-state index contributed by atoms with van der Waals surface area (Å²) in [7, 11) is -3.42. The van der Waals surface area contributed by atoms with Gasteiger partial charge in [-0.25, -0.2) is 0 Å². The average molecular weight is 544 g/mol. The summed E-state index contributed by atoms with van der Waals surface area (Å²) in [6, 6.07) is 0. The molecule has 0 aromatic heterocycles. The lowest BCUT2D eigenvalue weighted by atomic mass is 10.3. The number of hydrogen-bond donors (Lipinski definition) is 0. The van der Waals surface area contributed by atoms with Gasteiger partial charge in [-0.3, -0.25) is 0 Å². The standard InChI is InChI=1S/3C8H20N.C2H2O4.BF2O/c3*1-5-9(6-2,7-3)8-4;3-1(4)2(5)6;2-1(3)4/h3*5-8H2,1-4H3;(H,3,4)(H,5,6);/q3*+1;;-1/p-2. The number of quaternary nitrogens is 3. The maximum absolute atomic E-state index is 9.78. The third-order valence-electron chi connectivity index (χ3n) is 8.22. The first-order valence-electron chi connectivity index (χ1n) is 14.0. The Hall–Kier alpha value is -1.30. The topological polar surface area (TPSA) is 103 Å². The second-order valence-corrected chi connectivity index (χ2v) is 8.66. The van der Waals surface area contributed by atoms with Gasteiger partial charge in [-0.1, -0.05) is 0 Å². The number of carbonyl (C=O) groups excluding carboxylic acids is 2. The zero-order chi connectivity index (χ0) is 30.7. The van der Waals surface area contributed by atoms with Gasteiger partial charge in [0.25, 0.3) is 0 Å². The third kappa shape index (κ3) is 24.8. The molecule has 37 heavy (non-hydrogen) atoms. The number of halogens is 2. The molecular formula is C26H60BF2N3O5. The second kappa shape index (κ2) is 27.7. The maximum Gasteiger partial charge on any atom is 0.447 e. The molecular weight excluding hydrogens is 483 g/mol.